The summed E-state index contributed by atoms with van der Waals surface area (Å²) in [5, 5.41) is 8.01. The summed E-state index contributed by atoms with van der Waals surface area (Å²) in [6.07, 6.45) is 4.03. The summed E-state index contributed by atoms with van der Waals surface area (Å²) in [6.45, 7) is 6.56. The van der Waals surface area contributed by atoms with Crippen LogP contribution < -0.4 is 0 Å². The van der Waals surface area contributed by atoms with Gasteiger partial charge in [-0.3, -0.25) is 4.79 Å². The van der Waals surface area contributed by atoms with Crippen LogP contribution in [0.15, 0.2) is 17.1 Å². The predicted octanol–water partition coefficient (Wildman–Crippen LogP) is 1.63. The molecule has 1 aliphatic carbocycles. The molecule has 108 valence electrons. The van der Waals surface area contributed by atoms with Crippen molar-refractivity contribution in [2.24, 2.45) is 5.92 Å². The highest BCUT2D eigenvalue weighted by molar-refractivity contribution is 5.82. The SMILES string of the molecule is C=CCC1OCCN(C(c2nnc(C)o2)C2CC2)C1=O. The summed E-state index contributed by atoms with van der Waals surface area (Å²) in [6, 6.07) is -0.0973. The standard InChI is InChI=1S/C14H19N3O3/c1-3-4-11-14(18)17(7-8-19-11)12(10-5-6-10)13-16-15-9(2)20-13/h3,10-12H,1,4-8H2,2H3. The first kappa shape index (κ1) is 13.3. The molecular formula is C14H19N3O3. The van der Waals surface area contributed by atoms with E-state index in [0.29, 0.717) is 37.3 Å². The zero-order valence-electron chi connectivity index (χ0n) is 11.6. The van der Waals surface area contributed by atoms with Crippen LogP contribution in [0.4, 0.5) is 0 Å². The third-order valence-corrected chi connectivity index (χ3v) is 3.79. The van der Waals surface area contributed by atoms with E-state index in [1.807, 2.05) is 4.90 Å². The number of morpholine rings is 1. The first-order chi connectivity index (χ1) is 9.70. The third-order valence-electron chi connectivity index (χ3n) is 3.79. The minimum atomic E-state index is -0.425. The van der Waals surface area contributed by atoms with Crippen LogP contribution in [0.1, 0.15) is 37.1 Å². The number of hydrogen-bond donors (Lipinski definition) is 0. The second kappa shape index (κ2) is 5.36. The Hall–Kier alpha value is -1.69. The van der Waals surface area contributed by atoms with Crippen LogP contribution in [0.25, 0.3) is 0 Å². The fraction of sp³-hybridized carbons (Fsp3) is 0.643. The number of rotatable bonds is 5. The molecular weight excluding hydrogens is 258 g/mol. The molecule has 0 radical (unpaired) electrons. The minimum Gasteiger partial charge on any atom is -0.423 e. The van der Waals surface area contributed by atoms with Crippen molar-refractivity contribution in [1.82, 2.24) is 15.1 Å². The first-order valence-corrected chi connectivity index (χ1v) is 7.03. The molecule has 0 spiro atoms. The highest BCUT2D eigenvalue weighted by Crippen LogP contribution is 2.44. The molecule has 20 heavy (non-hydrogen) atoms. The Morgan fingerprint density at radius 3 is 2.90 bits per heavy atom. The summed E-state index contributed by atoms with van der Waals surface area (Å²) in [5.41, 5.74) is 0. The normalized spacial score (nSPS) is 24.8. The molecule has 1 amide bonds. The first-order valence-electron chi connectivity index (χ1n) is 7.03. The maximum atomic E-state index is 12.5. The predicted molar refractivity (Wildman–Crippen MR) is 70.8 cm³/mol. The van der Waals surface area contributed by atoms with Crippen molar-refractivity contribution in [3.63, 3.8) is 0 Å². The second-order valence-electron chi connectivity index (χ2n) is 5.36. The van der Waals surface area contributed by atoms with Gasteiger partial charge in [-0.2, -0.15) is 0 Å². The van der Waals surface area contributed by atoms with Crippen LogP contribution >= 0.6 is 0 Å². The molecule has 0 N–H and O–H groups in total. The van der Waals surface area contributed by atoms with E-state index >= 15 is 0 Å². The molecule has 2 unspecified atom stereocenters. The average molecular weight is 277 g/mol. The summed E-state index contributed by atoms with van der Waals surface area (Å²) >= 11 is 0. The second-order valence-corrected chi connectivity index (χ2v) is 5.36. The van der Waals surface area contributed by atoms with Crippen LogP contribution in [0.5, 0.6) is 0 Å². The number of ether oxygens (including phenoxy) is 1. The lowest BCUT2D eigenvalue weighted by Gasteiger charge is -2.36. The number of amides is 1. The van der Waals surface area contributed by atoms with Gasteiger partial charge >= 0.3 is 0 Å². The van der Waals surface area contributed by atoms with E-state index < -0.39 is 6.10 Å². The van der Waals surface area contributed by atoms with Gasteiger partial charge in [0.1, 0.15) is 12.1 Å². The van der Waals surface area contributed by atoms with E-state index in [-0.39, 0.29) is 11.9 Å². The van der Waals surface area contributed by atoms with Gasteiger partial charge in [0.2, 0.25) is 11.8 Å². The molecule has 1 saturated heterocycles. The van der Waals surface area contributed by atoms with Crippen LogP contribution in [0.3, 0.4) is 0 Å². The Kier molecular flexibility index (Phi) is 3.56. The number of hydrogen-bond acceptors (Lipinski definition) is 5. The van der Waals surface area contributed by atoms with Crippen LogP contribution in [-0.2, 0) is 9.53 Å². The van der Waals surface area contributed by atoms with Gasteiger partial charge in [-0.25, -0.2) is 0 Å². The molecule has 1 saturated carbocycles. The van der Waals surface area contributed by atoms with E-state index in [1.54, 1.807) is 13.0 Å². The van der Waals surface area contributed by atoms with Crippen molar-refractivity contribution in [3.05, 3.63) is 24.4 Å². The summed E-state index contributed by atoms with van der Waals surface area (Å²) in [5.74, 6) is 1.52. The number of carbonyl (C=O) groups is 1. The maximum Gasteiger partial charge on any atom is 0.252 e. The molecule has 2 heterocycles. The Bertz CT molecular complexity index is 510. The Labute approximate surface area is 117 Å². The summed E-state index contributed by atoms with van der Waals surface area (Å²) in [4.78, 5) is 14.4. The van der Waals surface area contributed by atoms with Gasteiger partial charge in [-0.05, 0) is 18.8 Å². The van der Waals surface area contributed by atoms with E-state index in [1.165, 1.54) is 0 Å². The van der Waals surface area contributed by atoms with Gasteiger partial charge in [0, 0.05) is 19.9 Å². The van der Waals surface area contributed by atoms with Crippen molar-refractivity contribution in [1.29, 1.82) is 0 Å². The van der Waals surface area contributed by atoms with Crippen LogP contribution in [0.2, 0.25) is 0 Å². The van der Waals surface area contributed by atoms with Crippen LogP contribution in [0, 0.1) is 12.8 Å². The quantitative estimate of drug-likeness (QED) is 0.765. The average Bonchev–Trinajstić information content (AvgIpc) is 3.17. The van der Waals surface area contributed by atoms with E-state index in [4.69, 9.17) is 9.15 Å². The minimum absolute atomic E-state index is 0.00361. The largest absolute Gasteiger partial charge is 0.423 e. The molecule has 1 aliphatic heterocycles. The molecule has 2 atom stereocenters. The van der Waals surface area contributed by atoms with Gasteiger partial charge in [0.25, 0.3) is 5.91 Å². The molecule has 1 aromatic rings. The van der Waals surface area contributed by atoms with E-state index in [2.05, 4.69) is 16.8 Å². The van der Waals surface area contributed by atoms with E-state index in [0.717, 1.165) is 12.8 Å². The lowest BCUT2D eigenvalue weighted by atomic mass is 10.1. The van der Waals surface area contributed by atoms with Gasteiger partial charge in [-0.15, -0.1) is 16.8 Å². The highest BCUT2D eigenvalue weighted by Gasteiger charge is 2.44. The van der Waals surface area contributed by atoms with Gasteiger partial charge in [0.15, 0.2) is 0 Å². The highest BCUT2D eigenvalue weighted by atomic mass is 16.5. The molecule has 0 aromatic carbocycles. The molecule has 0 bridgehead atoms. The summed E-state index contributed by atoms with van der Waals surface area (Å²) in [7, 11) is 0. The Morgan fingerprint density at radius 1 is 1.50 bits per heavy atom. The van der Waals surface area contributed by atoms with E-state index in [9.17, 15) is 4.79 Å². The third kappa shape index (κ3) is 2.47. The molecule has 2 aliphatic rings. The molecule has 6 heteroatoms. The van der Waals surface area contributed by atoms with Crippen LogP contribution in [-0.4, -0.2) is 40.3 Å². The molecule has 3 rings (SSSR count). The van der Waals surface area contributed by atoms with Crippen molar-refractivity contribution in [3.8, 4) is 0 Å². The maximum absolute atomic E-state index is 12.5. The number of aromatic nitrogens is 2. The van der Waals surface area contributed by atoms with Crippen molar-refractivity contribution in [2.75, 3.05) is 13.2 Å². The number of nitrogens with zero attached hydrogens (tertiary/aromatic N) is 3. The fourth-order valence-electron chi connectivity index (χ4n) is 2.69. The lowest BCUT2D eigenvalue weighted by Crippen LogP contribution is -2.49. The lowest BCUT2D eigenvalue weighted by molar-refractivity contribution is -0.157. The molecule has 1 aromatic heterocycles. The topological polar surface area (TPSA) is 68.5 Å². The smallest absolute Gasteiger partial charge is 0.252 e. The Morgan fingerprint density at radius 2 is 2.30 bits per heavy atom. The van der Waals surface area contributed by atoms with Crippen molar-refractivity contribution in [2.45, 2.75) is 38.3 Å². The molecule has 2 fully saturated rings. The number of aryl methyl sites for hydroxylation is 1. The summed E-state index contributed by atoms with van der Waals surface area (Å²) < 4.78 is 11.1. The van der Waals surface area contributed by atoms with Gasteiger partial charge in [-0.1, -0.05) is 6.08 Å². The zero-order chi connectivity index (χ0) is 14.1. The fourth-order valence-corrected chi connectivity index (χ4v) is 2.69. The molecule has 6 nitrogen and oxygen atoms in total. The monoisotopic (exact) mass is 277 g/mol. The zero-order valence-corrected chi connectivity index (χ0v) is 11.6. The van der Waals surface area contributed by atoms with Crippen molar-refractivity contribution < 1.29 is 13.9 Å². The van der Waals surface area contributed by atoms with Gasteiger partial charge < -0.3 is 14.1 Å². The Balaban J connectivity index is 1.83. The van der Waals surface area contributed by atoms with Crippen molar-refractivity contribution >= 4 is 5.91 Å². The number of carbonyl (C=O) groups excluding carboxylic acids is 1. The van der Waals surface area contributed by atoms with Gasteiger partial charge in [0.05, 0.1) is 6.61 Å².